The first-order valence-electron chi connectivity index (χ1n) is 12.9. The summed E-state index contributed by atoms with van der Waals surface area (Å²) in [5.74, 6) is 1.03. The van der Waals surface area contributed by atoms with Crippen molar-refractivity contribution in [1.29, 1.82) is 0 Å². The van der Waals surface area contributed by atoms with Crippen LogP contribution in [0.4, 0.5) is 0 Å². The van der Waals surface area contributed by atoms with E-state index in [4.69, 9.17) is 9.72 Å². The quantitative estimate of drug-likeness (QED) is 0.361. The highest BCUT2D eigenvalue weighted by atomic mass is 32.1. The minimum absolute atomic E-state index is 0.158. The van der Waals surface area contributed by atoms with Gasteiger partial charge in [0, 0.05) is 36.5 Å². The standard InChI is InChI=1S/C28H32N4O2S/c1-2-34-23-9-6-20(7-10-23)24-19-32-25-11-8-21(18-26(25)35-28(32)29-24)27(33)31-16-12-22(13-17-31)30-14-4-3-5-15-30/h6-11,18-19,22H,2-5,12-17H2,1H3. The van der Waals surface area contributed by atoms with Gasteiger partial charge in [-0.2, -0.15) is 0 Å². The monoisotopic (exact) mass is 488 g/mol. The summed E-state index contributed by atoms with van der Waals surface area (Å²) in [4.78, 5) is 23.8. The van der Waals surface area contributed by atoms with Gasteiger partial charge in [0.25, 0.3) is 5.91 Å². The lowest BCUT2D eigenvalue weighted by Gasteiger charge is -2.40. The predicted octanol–water partition coefficient (Wildman–Crippen LogP) is 5.71. The van der Waals surface area contributed by atoms with Crippen molar-refractivity contribution in [2.75, 3.05) is 32.8 Å². The van der Waals surface area contributed by atoms with Gasteiger partial charge in [-0.3, -0.25) is 9.20 Å². The summed E-state index contributed by atoms with van der Waals surface area (Å²) < 4.78 is 8.78. The van der Waals surface area contributed by atoms with Crippen LogP contribution in [0.2, 0.25) is 0 Å². The van der Waals surface area contributed by atoms with Gasteiger partial charge < -0.3 is 14.5 Å². The second-order valence-electron chi connectivity index (χ2n) is 9.64. The van der Waals surface area contributed by atoms with Crippen molar-refractivity contribution < 1.29 is 9.53 Å². The Labute approximate surface area is 210 Å². The van der Waals surface area contributed by atoms with Crippen LogP contribution in [0, 0.1) is 0 Å². The Morgan fingerprint density at radius 1 is 1.03 bits per heavy atom. The van der Waals surface area contributed by atoms with E-state index in [2.05, 4.69) is 21.6 Å². The molecule has 2 aliphatic rings. The van der Waals surface area contributed by atoms with Crippen LogP contribution < -0.4 is 4.74 Å². The molecule has 35 heavy (non-hydrogen) atoms. The maximum atomic E-state index is 13.3. The molecule has 2 saturated heterocycles. The lowest BCUT2D eigenvalue weighted by Crippen LogP contribution is -2.48. The molecule has 4 aromatic rings. The molecular formula is C28H32N4O2S. The third kappa shape index (κ3) is 4.43. The van der Waals surface area contributed by atoms with E-state index in [0.717, 1.165) is 63.7 Å². The minimum atomic E-state index is 0.158. The number of nitrogens with zero attached hydrogens (tertiary/aromatic N) is 4. The van der Waals surface area contributed by atoms with Crippen molar-refractivity contribution in [3.63, 3.8) is 0 Å². The van der Waals surface area contributed by atoms with Gasteiger partial charge in [0.1, 0.15) is 5.75 Å². The SMILES string of the molecule is CCOc1ccc(-c2cn3c(n2)sc2cc(C(=O)N4CCC(N5CCCCC5)CC4)ccc23)cc1. The molecular weight excluding hydrogens is 456 g/mol. The van der Waals surface area contributed by atoms with E-state index < -0.39 is 0 Å². The maximum Gasteiger partial charge on any atom is 0.253 e. The van der Waals surface area contributed by atoms with E-state index >= 15 is 0 Å². The summed E-state index contributed by atoms with van der Waals surface area (Å²) in [7, 11) is 0. The number of carbonyl (C=O) groups excluding carboxylic acids is 1. The number of fused-ring (bicyclic) bond motifs is 3. The topological polar surface area (TPSA) is 50.1 Å². The molecule has 0 unspecified atom stereocenters. The number of rotatable bonds is 5. The van der Waals surface area contributed by atoms with Gasteiger partial charge >= 0.3 is 0 Å². The van der Waals surface area contributed by atoms with Crippen molar-refractivity contribution >= 4 is 32.4 Å². The number of thiazole rings is 1. The predicted molar refractivity (Wildman–Crippen MR) is 142 cm³/mol. The second kappa shape index (κ2) is 9.63. The number of hydrogen-bond donors (Lipinski definition) is 0. The average molecular weight is 489 g/mol. The van der Waals surface area contributed by atoms with Gasteiger partial charge in [0.15, 0.2) is 4.96 Å². The minimum Gasteiger partial charge on any atom is -0.494 e. The summed E-state index contributed by atoms with van der Waals surface area (Å²) in [6, 6.07) is 14.8. The molecule has 2 fully saturated rings. The van der Waals surface area contributed by atoms with Crippen LogP contribution in [0.5, 0.6) is 5.75 Å². The van der Waals surface area contributed by atoms with Crippen LogP contribution >= 0.6 is 11.3 Å². The van der Waals surface area contributed by atoms with Crippen molar-refractivity contribution in [2.24, 2.45) is 0 Å². The zero-order chi connectivity index (χ0) is 23.8. The fraction of sp³-hybridized carbons (Fsp3) is 0.429. The van der Waals surface area contributed by atoms with Crippen LogP contribution in [0.3, 0.4) is 0 Å². The molecule has 6 rings (SSSR count). The number of piperidine rings is 2. The van der Waals surface area contributed by atoms with E-state index in [0.29, 0.717) is 12.6 Å². The number of aromatic nitrogens is 2. The zero-order valence-electron chi connectivity index (χ0n) is 20.3. The Bertz CT molecular complexity index is 1330. The molecule has 182 valence electrons. The van der Waals surface area contributed by atoms with Crippen molar-refractivity contribution in [3.05, 3.63) is 54.2 Å². The van der Waals surface area contributed by atoms with Crippen LogP contribution in [0.1, 0.15) is 49.4 Å². The second-order valence-corrected chi connectivity index (χ2v) is 10.6. The Morgan fingerprint density at radius 2 is 1.80 bits per heavy atom. The first kappa shape index (κ1) is 22.6. The van der Waals surface area contributed by atoms with Crippen LogP contribution in [-0.2, 0) is 0 Å². The van der Waals surface area contributed by atoms with Gasteiger partial charge in [-0.05, 0) is 88.2 Å². The fourth-order valence-electron chi connectivity index (χ4n) is 5.56. The highest BCUT2D eigenvalue weighted by molar-refractivity contribution is 7.23. The molecule has 6 nitrogen and oxygen atoms in total. The molecule has 4 heterocycles. The number of benzene rings is 2. The van der Waals surface area contributed by atoms with Crippen molar-refractivity contribution in [2.45, 2.75) is 45.1 Å². The van der Waals surface area contributed by atoms with Gasteiger partial charge in [-0.1, -0.05) is 17.8 Å². The lowest BCUT2D eigenvalue weighted by atomic mass is 9.99. The van der Waals surface area contributed by atoms with Crippen molar-refractivity contribution in [1.82, 2.24) is 19.2 Å². The van der Waals surface area contributed by atoms with E-state index in [9.17, 15) is 4.79 Å². The largest absolute Gasteiger partial charge is 0.494 e. The number of carbonyl (C=O) groups is 1. The molecule has 0 saturated carbocycles. The molecule has 0 radical (unpaired) electrons. The van der Waals surface area contributed by atoms with Gasteiger partial charge in [-0.25, -0.2) is 4.98 Å². The summed E-state index contributed by atoms with van der Waals surface area (Å²) in [5, 5.41) is 0. The Morgan fingerprint density at radius 3 is 2.54 bits per heavy atom. The van der Waals surface area contributed by atoms with Gasteiger partial charge in [0.2, 0.25) is 0 Å². The Balaban J connectivity index is 1.17. The molecule has 2 aliphatic heterocycles. The van der Waals surface area contributed by atoms with E-state index in [1.165, 1.54) is 32.4 Å². The number of hydrogen-bond acceptors (Lipinski definition) is 5. The van der Waals surface area contributed by atoms with E-state index in [1.807, 2.05) is 48.2 Å². The molecule has 0 aliphatic carbocycles. The molecule has 2 aromatic carbocycles. The molecule has 1 amide bonds. The highest BCUT2D eigenvalue weighted by Crippen LogP contribution is 2.31. The van der Waals surface area contributed by atoms with Crippen molar-refractivity contribution in [3.8, 4) is 17.0 Å². The van der Waals surface area contributed by atoms with Crippen LogP contribution in [0.25, 0.3) is 26.4 Å². The summed E-state index contributed by atoms with van der Waals surface area (Å²) >= 11 is 1.64. The first-order valence-corrected chi connectivity index (χ1v) is 13.7. The first-order chi connectivity index (χ1) is 17.2. The van der Waals surface area contributed by atoms with E-state index in [1.54, 1.807) is 11.3 Å². The van der Waals surface area contributed by atoms with E-state index in [-0.39, 0.29) is 5.91 Å². The Hall–Kier alpha value is -2.90. The van der Waals surface area contributed by atoms with Crippen LogP contribution in [0.15, 0.2) is 48.7 Å². The number of amides is 1. The Kier molecular flexibility index (Phi) is 6.20. The molecule has 7 heteroatoms. The highest BCUT2D eigenvalue weighted by Gasteiger charge is 2.28. The number of likely N-dealkylation sites (tertiary alicyclic amines) is 2. The van der Waals surface area contributed by atoms with Gasteiger partial charge in [-0.15, -0.1) is 0 Å². The molecule has 0 atom stereocenters. The number of imidazole rings is 1. The summed E-state index contributed by atoms with van der Waals surface area (Å²) in [5.41, 5.74) is 3.88. The van der Waals surface area contributed by atoms with Crippen LogP contribution in [-0.4, -0.2) is 63.9 Å². The molecule has 0 spiro atoms. The zero-order valence-corrected chi connectivity index (χ0v) is 21.1. The van der Waals surface area contributed by atoms with Gasteiger partial charge in [0.05, 0.1) is 22.5 Å². The lowest BCUT2D eigenvalue weighted by molar-refractivity contribution is 0.0590. The average Bonchev–Trinajstić information content (AvgIpc) is 3.47. The molecule has 0 bridgehead atoms. The molecule has 0 N–H and O–H groups in total. The third-order valence-electron chi connectivity index (χ3n) is 7.46. The fourth-order valence-corrected chi connectivity index (χ4v) is 6.61. The summed E-state index contributed by atoms with van der Waals surface area (Å²) in [6.07, 6.45) is 8.28. The molecule has 2 aromatic heterocycles. The number of ether oxygens (including phenoxy) is 1. The summed E-state index contributed by atoms with van der Waals surface area (Å²) in [6.45, 7) is 6.83. The third-order valence-corrected chi connectivity index (χ3v) is 8.48. The normalized spacial score (nSPS) is 17.9. The smallest absolute Gasteiger partial charge is 0.253 e. The maximum absolute atomic E-state index is 13.3.